The van der Waals surface area contributed by atoms with Crippen molar-refractivity contribution in [1.82, 2.24) is 0 Å². The lowest BCUT2D eigenvalue weighted by atomic mass is 10.0. The molecule has 0 bridgehead atoms. The van der Waals surface area contributed by atoms with Gasteiger partial charge in [-0.05, 0) is 36.1 Å². The molecule has 1 aliphatic rings. The van der Waals surface area contributed by atoms with Gasteiger partial charge in [-0.25, -0.2) is 4.79 Å². The molecule has 3 aromatic rings. The minimum Gasteiger partial charge on any atom is -0.454 e. The van der Waals surface area contributed by atoms with Crippen LogP contribution in [0.1, 0.15) is 33.6 Å². The van der Waals surface area contributed by atoms with E-state index in [0.717, 1.165) is 37.1 Å². The second kappa shape index (κ2) is 9.43. The van der Waals surface area contributed by atoms with Gasteiger partial charge >= 0.3 is 5.97 Å². The molecule has 7 heteroatoms. The summed E-state index contributed by atoms with van der Waals surface area (Å²) in [5, 5.41) is 11.5. The quantitative estimate of drug-likeness (QED) is 0.229. The third kappa shape index (κ3) is 4.67. The summed E-state index contributed by atoms with van der Waals surface area (Å²) >= 11 is 0. The molecule has 1 saturated heterocycles. The van der Waals surface area contributed by atoms with Crippen LogP contribution in [0, 0.1) is 10.1 Å². The molecule has 0 aliphatic carbocycles. The normalized spacial score (nSPS) is 13.1. The maximum Gasteiger partial charge on any atom is 0.338 e. The molecule has 162 valence electrons. The summed E-state index contributed by atoms with van der Waals surface area (Å²) in [6.45, 7) is 1.07. The van der Waals surface area contributed by atoms with Gasteiger partial charge in [0.2, 0.25) is 0 Å². The minimum atomic E-state index is -0.768. The zero-order valence-corrected chi connectivity index (χ0v) is 17.4. The Hall–Kier alpha value is -4.00. The third-order valence-electron chi connectivity index (χ3n) is 5.50. The van der Waals surface area contributed by atoms with Gasteiger partial charge in [0.15, 0.2) is 12.4 Å². The van der Waals surface area contributed by atoms with Gasteiger partial charge in [0.1, 0.15) is 5.69 Å². The van der Waals surface area contributed by atoms with Gasteiger partial charge in [0.25, 0.3) is 5.69 Å². The van der Waals surface area contributed by atoms with Gasteiger partial charge in [-0.3, -0.25) is 14.9 Å². The Balaban J connectivity index is 1.41. The highest BCUT2D eigenvalue weighted by Gasteiger charge is 2.24. The van der Waals surface area contributed by atoms with Gasteiger partial charge < -0.3 is 9.64 Å². The number of hydrogen-bond acceptors (Lipinski definition) is 6. The molecule has 0 atom stereocenters. The summed E-state index contributed by atoms with van der Waals surface area (Å²) in [5.41, 5.74) is 2.85. The zero-order valence-electron chi connectivity index (χ0n) is 17.4. The van der Waals surface area contributed by atoms with E-state index in [9.17, 15) is 19.7 Å². The van der Waals surface area contributed by atoms with E-state index < -0.39 is 17.5 Å². The van der Waals surface area contributed by atoms with Crippen LogP contribution in [0.2, 0.25) is 0 Å². The molecule has 0 saturated carbocycles. The number of benzene rings is 3. The molecule has 3 aromatic carbocycles. The topological polar surface area (TPSA) is 89.8 Å². The van der Waals surface area contributed by atoms with E-state index in [2.05, 4.69) is 0 Å². The number of nitro benzene ring substituents is 1. The van der Waals surface area contributed by atoms with Crippen LogP contribution in [0.4, 0.5) is 11.4 Å². The predicted molar refractivity (Wildman–Crippen MR) is 121 cm³/mol. The van der Waals surface area contributed by atoms with Crippen molar-refractivity contribution in [3.8, 4) is 11.1 Å². The van der Waals surface area contributed by atoms with Crippen LogP contribution >= 0.6 is 0 Å². The summed E-state index contributed by atoms with van der Waals surface area (Å²) in [6, 6.07) is 21.1. The Morgan fingerprint density at radius 1 is 0.875 bits per heavy atom. The van der Waals surface area contributed by atoms with Crippen molar-refractivity contribution in [2.75, 3.05) is 24.6 Å². The summed E-state index contributed by atoms with van der Waals surface area (Å²) in [7, 11) is 0. The molecule has 1 fully saturated rings. The second-order valence-corrected chi connectivity index (χ2v) is 7.60. The van der Waals surface area contributed by atoms with E-state index in [1.54, 1.807) is 18.2 Å². The first-order valence-corrected chi connectivity index (χ1v) is 10.4. The number of Topliss-reactive ketones (excluding diaryl/α,β-unsaturated/α-hetero) is 1. The number of rotatable bonds is 7. The molecular weight excluding hydrogens is 408 g/mol. The molecule has 0 aromatic heterocycles. The maximum atomic E-state index is 12.4. The summed E-state index contributed by atoms with van der Waals surface area (Å²) in [4.78, 5) is 37.8. The first-order valence-electron chi connectivity index (χ1n) is 10.4. The maximum absolute atomic E-state index is 12.4. The number of ketones is 1. The smallest absolute Gasteiger partial charge is 0.338 e. The molecule has 0 spiro atoms. The number of esters is 1. The van der Waals surface area contributed by atoms with Crippen molar-refractivity contribution >= 4 is 23.1 Å². The van der Waals surface area contributed by atoms with Crippen LogP contribution in [0.5, 0.6) is 0 Å². The Kier molecular flexibility index (Phi) is 6.26. The van der Waals surface area contributed by atoms with Gasteiger partial charge in [-0.2, -0.15) is 0 Å². The Morgan fingerprint density at radius 2 is 1.50 bits per heavy atom. The molecule has 0 radical (unpaired) electrons. The number of anilines is 1. The fraction of sp³-hybridized carbons (Fsp3) is 0.200. The summed E-state index contributed by atoms with van der Waals surface area (Å²) in [6.07, 6.45) is 1.96. The Bertz CT molecular complexity index is 1140. The molecule has 32 heavy (non-hydrogen) atoms. The van der Waals surface area contributed by atoms with Crippen molar-refractivity contribution < 1.29 is 19.2 Å². The number of carbonyl (C=O) groups excluding carboxylic acids is 2. The van der Waals surface area contributed by atoms with E-state index in [1.807, 2.05) is 47.4 Å². The largest absolute Gasteiger partial charge is 0.454 e. The lowest BCUT2D eigenvalue weighted by Crippen LogP contribution is -2.19. The van der Waals surface area contributed by atoms with E-state index in [4.69, 9.17) is 4.74 Å². The van der Waals surface area contributed by atoms with Crippen LogP contribution in [-0.2, 0) is 4.74 Å². The standard InChI is InChI=1S/C25H22N2O5/c28-24(20-10-8-19(9-11-20)18-6-2-1-3-7-18)17-32-25(29)21-12-13-22(23(16-21)27(30)31)26-14-4-5-15-26/h1-3,6-13,16H,4-5,14-15,17H2. The molecule has 0 unspecified atom stereocenters. The summed E-state index contributed by atoms with van der Waals surface area (Å²) in [5.74, 6) is -1.11. The molecular formula is C25H22N2O5. The van der Waals surface area contributed by atoms with Crippen molar-refractivity contribution in [2.24, 2.45) is 0 Å². The summed E-state index contributed by atoms with van der Waals surface area (Å²) < 4.78 is 5.13. The lowest BCUT2D eigenvalue weighted by Gasteiger charge is -2.17. The second-order valence-electron chi connectivity index (χ2n) is 7.60. The highest BCUT2D eigenvalue weighted by molar-refractivity contribution is 6.00. The first-order chi connectivity index (χ1) is 15.5. The van der Waals surface area contributed by atoms with E-state index in [0.29, 0.717) is 11.3 Å². The molecule has 7 nitrogen and oxygen atoms in total. The van der Waals surface area contributed by atoms with Crippen LogP contribution in [0.3, 0.4) is 0 Å². The number of nitro groups is 1. The highest BCUT2D eigenvalue weighted by Crippen LogP contribution is 2.32. The van der Waals surface area contributed by atoms with Crippen molar-refractivity contribution in [3.05, 3.63) is 94.0 Å². The average molecular weight is 430 g/mol. The van der Waals surface area contributed by atoms with Crippen LogP contribution in [0.25, 0.3) is 11.1 Å². The molecule has 1 aliphatic heterocycles. The minimum absolute atomic E-state index is 0.0480. The molecule has 1 heterocycles. The number of carbonyl (C=O) groups is 2. The zero-order chi connectivity index (χ0) is 22.5. The van der Waals surface area contributed by atoms with Crippen molar-refractivity contribution in [2.45, 2.75) is 12.8 Å². The molecule has 0 amide bonds. The predicted octanol–water partition coefficient (Wildman–Crippen LogP) is 4.90. The average Bonchev–Trinajstić information content (AvgIpc) is 3.37. The Morgan fingerprint density at radius 3 is 2.16 bits per heavy atom. The third-order valence-corrected chi connectivity index (χ3v) is 5.50. The van der Waals surface area contributed by atoms with Gasteiger partial charge in [-0.15, -0.1) is 0 Å². The molecule has 0 N–H and O–H groups in total. The monoisotopic (exact) mass is 430 g/mol. The van der Waals surface area contributed by atoms with E-state index >= 15 is 0 Å². The Labute approximate surface area is 185 Å². The van der Waals surface area contributed by atoms with Crippen molar-refractivity contribution in [1.29, 1.82) is 0 Å². The number of hydrogen-bond donors (Lipinski definition) is 0. The lowest BCUT2D eigenvalue weighted by molar-refractivity contribution is -0.384. The van der Waals surface area contributed by atoms with Crippen LogP contribution < -0.4 is 4.90 Å². The number of nitrogens with zero attached hydrogens (tertiary/aromatic N) is 2. The van der Waals surface area contributed by atoms with Crippen LogP contribution in [0.15, 0.2) is 72.8 Å². The molecule has 4 rings (SSSR count). The van der Waals surface area contributed by atoms with E-state index in [1.165, 1.54) is 12.1 Å². The SMILES string of the molecule is O=C(COC(=O)c1ccc(N2CCCC2)c([N+](=O)[O-])c1)c1ccc(-c2ccccc2)cc1. The fourth-order valence-corrected chi connectivity index (χ4v) is 3.80. The fourth-order valence-electron chi connectivity index (χ4n) is 3.80. The van der Waals surface area contributed by atoms with Crippen molar-refractivity contribution in [3.63, 3.8) is 0 Å². The number of ether oxygens (including phenoxy) is 1. The van der Waals surface area contributed by atoms with Gasteiger partial charge in [0.05, 0.1) is 10.5 Å². The van der Waals surface area contributed by atoms with Gasteiger partial charge in [-0.1, -0.05) is 54.6 Å². The van der Waals surface area contributed by atoms with Gasteiger partial charge in [0, 0.05) is 24.7 Å². The van der Waals surface area contributed by atoms with E-state index in [-0.39, 0.29) is 17.0 Å². The highest BCUT2D eigenvalue weighted by atomic mass is 16.6. The van der Waals surface area contributed by atoms with Crippen LogP contribution in [-0.4, -0.2) is 36.4 Å². The first kappa shape index (κ1) is 21.2.